The van der Waals surface area contributed by atoms with Crippen molar-refractivity contribution in [2.45, 2.75) is 64.1 Å². The average Bonchev–Trinajstić information content (AvgIpc) is 2.38. The predicted octanol–water partition coefficient (Wildman–Crippen LogP) is 0.961. The normalized spacial score (nSPS) is 23.1. The van der Waals surface area contributed by atoms with Crippen molar-refractivity contribution >= 4 is 16.1 Å². The van der Waals surface area contributed by atoms with Gasteiger partial charge in [-0.15, -0.1) is 0 Å². The van der Waals surface area contributed by atoms with E-state index in [1.165, 1.54) is 7.05 Å². The van der Waals surface area contributed by atoms with Gasteiger partial charge in [-0.25, -0.2) is 17.9 Å². The molecule has 0 spiro atoms. The largest absolute Gasteiger partial charge is 0.444 e. The van der Waals surface area contributed by atoms with Crippen LogP contribution in [0.3, 0.4) is 0 Å². The Morgan fingerprint density at radius 1 is 1.14 bits per heavy atom. The lowest BCUT2D eigenvalue weighted by Crippen LogP contribution is -2.44. The number of nitrogens with one attached hydrogen (secondary N) is 3. The molecule has 0 radical (unpaired) electrons. The maximum atomic E-state index is 11.7. The maximum Gasteiger partial charge on any atom is 0.407 e. The summed E-state index contributed by atoms with van der Waals surface area (Å²) < 4.78 is 30.2. The molecule has 1 rings (SSSR count). The summed E-state index contributed by atoms with van der Waals surface area (Å²) in [5.74, 6) is 0.0829. The van der Waals surface area contributed by atoms with Gasteiger partial charge >= 0.3 is 6.09 Å². The average molecular weight is 335 g/mol. The minimum absolute atomic E-state index is 0.0829. The number of sulfonamides is 1. The van der Waals surface area contributed by atoms with Crippen LogP contribution in [0, 0.1) is 0 Å². The quantitative estimate of drug-likeness (QED) is 0.672. The zero-order valence-corrected chi connectivity index (χ0v) is 14.8. The maximum absolute atomic E-state index is 11.7. The molecule has 1 aliphatic carbocycles. The van der Waals surface area contributed by atoms with Crippen LogP contribution in [0.5, 0.6) is 0 Å². The highest BCUT2D eigenvalue weighted by molar-refractivity contribution is 7.89. The second kappa shape index (κ2) is 8.12. The van der Waals surface area contributed by atoms with Crippen molar-refractivity contribution in [1.29, 1.82) is 0 Å². The molecule has 0 bridgehead atoms. The lowest BCUT2D eigenvalue weighted by molar-refractivity contribution is 0.0490. The van der Waals surface area contributed by atoms with Gasteiger partial charge in [-0.2, -0.15) is 0 Å². The van der Waals surface area contributed by atoms with Gasteiger partial charge in [0.25, 0.3) is 0 Å². The Morgan fingerprint density at radius 3 is 2.18 bits per heavy atom. The van der Waals surface area contributed by atoms with Gasteiger partial charge in [0.2, 0.25) is 10.0 Å². The first-order valence-corrected chi connectivity index (χ1v) is 9.40. The summed E-state index contributed by atoms with van der Waals surface area (Å²) in [6.45, 7) is 5.96. The van der Waals surface area contributed by atoms with E-state index in [4.69, 9.17) is 4.74 Å². The number of amides is 1. The van der Waals surface area contributed by atoms with Gasteiger partial charge < -0.3 is 15.4 Å². The summed E-state index contributed by atoms with van der Waals surface area (Å²) >= 11 is 0. The zero-order valence-electron chi connectivity index (χ0n) is 13.9. The molecule has 0 aromatic rings. The summed E-state index contributed by atoms with van der Waals surface area (Å²) in [5.41, 5.74) is -0.484. The van der Waals surface area contributed by atoms with Gasteiger partial charge in [-0.3, -0.25) is 0 Å². The van der Waals surface area contributed by atoms with Crippen molar-refractivity contribution in [3.8, 4) is 0 Å². The monoisotopic (exact) mass is 335 g/mol. The van der Waals surface area contributed by atoms with Crippen LogP contribution < -0.4 is 15.4 Å². The number of ether oxygens (including phenoxy) is 1. The molecule has 3 N–H and O–H groups in total. The number of rotatable bonds is 6. The fourth-order valence-corrected chi connectivity index (χ4v) is 3.01. The van der Waals surface area contributed by atoms with E-state index in [0.717, 1.165) is 25.7 Å². The standard InChI is InChI=1S/C14H29N3O4S/c1-14(2,3)21-13(18)17-12-7-5-11(6-8-12)16-9-10-22(19,20)15-4/h11-12,15-16H,5-10H2,1-4H3,(H,17,18). The molecule has 1 amide bonds. The number of alkyl carbamates (subject to hydrolysis) is 1. The van der Waals surface area contributed by atoms with Crippen LogP contribution in [-0.2, 0) is 14.8 Å². The molecule has 1 saturated carbocycles. The first-order valence-electron chi connectivity index (χ1n) is 7.75. The summed E-state index contributed by atoms with van der Waals surface area (Å²) in [5, 5.41) is 6.15. The molecule has 0 saturated heterocycles. The Hall–Kier alpha value is -0.860. The van der Waals surface area contributed by atoms with Crippen LogP contribution in [0.15, 0.2) is 0 Å². The van der Waals surface area contributed by atoms with E-state index < -0.39 is 15.6 Å². The van der Waals surface area contributed by atoms with Crippen LogP contribution in [0.1, 0.15) is 46.5 Å². The lowest BCUT2D eigenvalue weighted by Gasteiger charge is -2.30. The third-order valence-corrected chi connectivity index (χ3v) is 4.93. The van der Waals surface area contributed by atoms with Crippen LogP contribution in [0.2, 0.25) is 0 Å². The van der Waals surface area contributed by atoms with Crippen molar-refractivity contribution < 1.29 is 17.9 Å². The van der Waals surface area contributed by atoms with Crippen LogP contribution in [-0.4, -0.2) is 51.5 Å². The van der Waals surface area contributed by atoms with Crippen LogP contribution >= 0.6 is 0 Å². The molecule has 0 heterocycles. The molecule has 7 nitrogen and oxygen atoms in total. The summed E-state index contributed by atoms with van der Waals surface area (Å²) in [7, 11) is -1.73. The first kappa shape index (κ1) is 19.2. The molecular formula is C14H29N3O4S. The van der Waals surface area contributed by atoms with Gasteiger partial charge in [0.05, 0.1) is 5.75 Å². The molecule has 22 heavy (non-hydrogen) atoms. The number of carbonyl (C=O) groups excluding carboxylic acids is 1. The molecule has 0 aromatic heterocycles. The summed E-state index contributed by atoms with van der Waals surface area (Å²) in [4.78, 5) is 11.7. The van der Waals surface area contributed by atoms with E-state index >= 15 is 0 Å². The second-order valence-electron chi connectivity index (χ2n) is 6.67. The van der Waals surface area contributed by atoms with Crippen molar-refractivity contribution in [2.24, 2.45) is 0 Å². The molecule has 130 valence electrons. The van der Waals surface area contributed by atoms with Crippen LogP contribution in [0.4, 0.5) is 4.79 Å². The molecule has 8 heteroatoms. The van der Waals surface area contributed by atoms with E-state index in [-0.39, 0.29) is 17.9 Å². The minimum Gasteiger partial charge on any atom is -0.444 e. The Balaban J connectivity index is 2.22. The molecule has 0 atom stereocenters. The Bertz CT molecular complexity index is 451. The van der Waals surface area contributed by atoms with Crippen molar-refractivity contribution in [3.05, 3.63) is 0 Å². The minimum atomic E-state index is -3.15. The van der Waals surface area contributed by atoms with E-state index in [9.17, 15) is 13.2 Å². The van der Waals surface area contributed by atoms with E-state index in [0.29, 0.717) is 12.6 Å². The van der Waals surface area contributed by atoms with E-state index in [1.807, 2.05) is 20.8 Å². The number of hydrogen-bond acceptors (Lipinski definition) is 5. The zero-order chi connectivity index (χ0) is 16.8. The van der Waals surface area contributed by atoms with Crippen molar-refractivity contribution in [1.82, 2.24) is 15.4 Å². The molecule has 0 unspecified atom stereocenters. The number of hydrogen-bond donors (Lipinski definition) is 3. The SMILES string of the molecule is CNS(=O)(=O)CCNC1CCC(NC(=O)OC(C)(C)C)CC1. The van der Waals surface area contributed by atoms with E-state index in [2.05, 4.69) is 15.4 Å². The molecule has 0 aromatic carbocycles. The topological polar surface area (TPSA) is 96.5 Å². The van der Waals surface area contributed by atoms with Gasteiger partial charge in [0.1, 0.15) is 5.60 Å². The van der Waals surface area contributed by atoms with Gasteiger partial charge in [-0.1, -0.05) is 0 Å². The fourth-order valence-electron chi connectivity index (χ4n) is 2.42. The molecule has 1 fully saturated rings. The molecule has 0 aliphatic heterocycles. The lowest BCUT2D eigenvalue weighted by atomic mass is 9.91. The summed E-state index contributed by atoms with van der Waals surface area (Å²) in [6.07, 6.45) is 3.20. The predicted molar refractivity (Wildman–Crippen MR) is 86.3 cm³/mol. The van der Waals surface area contributed by atoms with Gasteiger partial charge in [0.15, 0.2) is 0 Å². The third kappa shape index (κ3) is 7.95. The smallest absolute Gasteiger partial charge is 0.407 e. The fraction of sp³-hybridized carbons (Fsp3) is 0.929. The number of carbonyl (C=O) groups is 1. The summed E-state index contributed by atoms with van der Waals surface area (Å²) in [6, 6.07) is 0.442. The highest BCUT2D eigenvalue weighted by atomic mass is 32.2. The van der Waals surface area contributed by atoms with Crippen LogP contribution in [0.25, 0.3) is 0 Å². The highest BCUT2D eigenvalue weighted by Crippen LogP contribution is 2.19. The van der Waals surface area contributed by atoms with E-state index in [1.54, 1.807) is 0 Å². The Morgan fingerprint density at radius 2 is 1.68 bits per heavy atom. The molecule has 1 aliphatic rings. The van der Waals surface area contributed by atoms with Crippen molar-refractivity contribution in [3.63, 3.8) is 0 Å². The Labute approximate surface area is 133 Å². The molecular weight excluding hydrogens is 306 g/mol. The van der Waals surface area contributed by atoms with Gasteiger partial charge in [-0.05, 0) is 53.5 Å². The second-order valence-corrected chi connectivity index (χ2v) is 8.72. The van der Waals surface area contributed by atoms with Gasteiger partial charge in [0, 0.05) is 18.6 Å². The Kier molecular flexibility index (Phi) is 7.08. The van der Waals surface area contributed by atoms with Crippen molar-refractivity contribution in [2.75, 3.05) is 19.3 Å². The first-order chi connectivity index (χ1) is 10.1. The third-order valence-electron chi connectivity index (χ3n) is 3.56. The highest BCUT2D eigenvalue weighted by Gasteiger charge is 2.24.